The summed E-state index contributed by atoms with van der Waals surface area (Å²) in [7, 11) is 0. The second-order valence-electron chi connectivity index (χ2n) is 9.56. The highest BCUT2D eigenvalue weighted by atomic mass is 35.5. The number of nitrogens with one attached hydrogen (secondary N) is 1. The molecule has 0 aliphatic carbocycles. The van der Waals surface area contributed by atoms with Gasteiger partial charge in [-0.15, -0.1) is 5.10 Å². The minimum absolute atomic E-state index is 0.0266. The molecule has 1 heterocycles. The number of hydrazone groups is 1. The molecule has 1 amide bonds. The number of anilines is 3. The number of hydrogen-bond donors (Lipinski definition) is 1. The number of rotatable bonds is 9. The maximum absolute atomic E-state index is 14.4. The van der Waals surface area contributed by atoms with Gasteiger partial charge in [0.15, 0.2) is 17.8 Å². The van der Waals surface area contributed by atoms with E-state index < -0.39 is 6.17 Å². The normalized spacial score (nSPS) is 14.5. The van der Waals surface area contributed by atoms with Crippen molar-refractivity contribution in [2.45, 2.75) is 33.0 Å². The van der Waals surface area contributed by atoms with E-state index in [4.69, 9.17) is 33.0 Å². The zero-order valence-corrected chi connectivity index (χ0v) is 24.4. The number of carbonyl (C=O) groups is 2. The van der Waals surface area contributed by atoms with E-state index in [0.717, 1.165) is 0 Å². The molecule has 1 aliphatic heterocycles. The number of halogens is 3. The third kappa shape index (κ3) is 6.25. The van der Waals surface area contributed by atoms with Crippen LogP contribution >= 0.6 is 23.2 Å². The molecule has 0 fully saturated rings. The summed E-state index contributed by atoms with van der Waals surface area (Å²) in [6.07, 6.45) is -0.382. The molecule has 5 rings (SSSR count). The van der Waals surface area contributed by atoms with Crippen LogP contribution in [-0.2, 0) is 16.2 Å². The van der Waals surface area contributed by atoms with Crippen LogP contribution in [0.5, 0.6) is 5.75 Å². The largest absolute Gasteiger partial charge is 0.488 e. The number of amidine groups is 1. The predicted octanol–water partition coefficient (Wildman–Crippen LogP) is 7.99. The second kappa shape index (κ2) is 12.6. The van der Waals surface area contributed by atoms with Gasteiger partial charge in [-0.1, -0.05) is 48.3 Å². The van der Waals surface area contributed by atoms with Gasteiger partial charge in [-0.25, -0.2) is 9.40 Å². The molecule has 42 heavy (non-hydrogen) atoms. The summed E-state index contributed by atoms with van der Waals surface area (Å²) in [5.41, 5.74) is 2.91. The lowest BCUT2D eigenvalue weighted by Gasteiger charge is -2.33. The molecule has 0 spiro atoms. The van der Waals surface area contributed by atoms with Crippen molar-refractivity contribution in [3.05, 3.63) is 118 Å². The van der Waals surface area contributed by atoms with Gasteiger partial charge in [0.25, 0.3) is 0 Å². The molecule has 0 saturated carbocycles. The van der Waals surface area contributed by atoms with Crippen LogP contribution in [-0.4, -0.2) is 17.5 Å². The topological polar surface area (TPSA) is 74.2 Å². The van der Waals surface area contributed by atoms with E-state index in [9.17, 15) is 14.0 Å². The number of benzene rings is 4. The third-order valence-electron chi connectivity index (χ3n) is 6.65. The van der Waals surface area contributed by atoms with E-state index in [0.29, 0.717) is 50.4 Å². The van der Waals surface area contributed by atoms with Crippen molar-refractivity contribution in [1.82, 2.24) is 0 Å². The van der Waals surface area contributed by atoms with Gasteiger partial charge in [0.1, 0.15) is 18.2 Å². The van der Waals surface area contributed by atoms with Crippen LogP contribution < -0.4 is 20.0 Å². The van der Waals surface area contributed by atoms with Gasteiger partial charge in [-0.05, 0) is 72.8 Å². The van der Waals surface area contributed by atoms with Gasteiger partial charge in [0, 0.05) is 45.9 Å². The first kappa shape index (κ1) is 29.1. The van der Waals surface area contributed by atoms with E-state index in [-0.39, 0.29) is 30.0 Å². The van der Waals surface area contributed by atoms with Crippen LogP contribution in [0.15, 0.2) is 96.1 Å². The molecule has 10 heteroatoms. The molecule has 1 N–H and O–H groups in total. The number of Topliss-reactive ketones (excluding diaryl/α,β-unsaturated/α-hetero) is 1. The highest BCUT2D eigenvalue weighted by molar-refractivity contribution is 6.44. The fraction of sp³-hybridized carbons (Fsp3) is 0.156. The number of ketones is 1. The predicted molar refractivity (Wildman–Crippen MR) is 165 cm³/mol. The summed E-state index contributed by atoms with van der Waals surface area (Å²) in [5.74, 6) is -0.146. The summed E-state index contributed by atoms with van der Waals surface area (Å²) < 4.78 is 20.6. The average molecular weight is 605 g/mol. The molecule has 1 atom stereocenters. The van der Waals surface area contributed by atoms with Crippen LogP contribution in [0.3, 0.4) is 0 Å². The van der Waals surface area contributed by atoms with E-state index in [1.807, 2.05) is 0 Å². The Bertz CT molecular complexity index is 1640. The average Bonchev–Trinajstić information content (AvgIpc) is 3.39. The SMILES string of the molecule is CCC(=O)Nc1ccc(N2C(C(C)=O)=NN(c3ccc(Cl)cc3)[C@@H]2c2cc(Cl)ccc2OCc2ccccc2F)cc1. The summed E-state index contributed by atoms with van der Waals surface area (Å²) in [6.45, 7) is 3.19. The second-order valence-corrected chi connectivity index (χ2v) is 10.4. The van der Waals surface area contributed by atoms with Crippen LogP contribution in [0.25, 0.3) is 0 Å². The Hall–Kier alpha value is -4.40. The minimum Gasteiger partial charge on any atom is -0.488 e. The smallest absolute Gasteiger partial charge is 0.224 e. The number of hydrogen-bond acceptors (Lipinski definition) is 6. The molecule has 4 aromatic carbocycles. The maximum Gasteiger partial charge on any atom is 0.224 e. The molecule has 7 nitrogen and oxygen atoms in total. The van der Waals surface area contributed by atoms with Gasteiger partial charge in [-0.2, -0.15) is 0 Å². The highest BCUT2D eigenvalue weighted by Crippen LogP contribution is 2.43. The molecule has 0 saturated heterocycles. The first-order valence-electron chi connectivity index (χ1n) is 13.2. The Kier molecular flexibility index (Phi) is 8.75. The van der Waals surface area contributed by atoms with Crippen LogP contribution in [0, 0.1) is 5.82 Å². The summed E-state index contributed by atoms with van der Waals surface area (Å²) in [6, 6.07) is 25.7. The van der Waals surface area contributed by atoms with Crippen molar-refractivity contribution < 1.29 is 18.7 Å². The van der Waals surface area contributed by atoms with Crippen LogP contribution in [0.4, 0.5) is 21.5 Å². The molecule has 0 aromatic heterocycles. The molecular weight excluding hydrogens is 578 g/mol. The summed E-state index contributed by atoms with van der Waals surface area (Å²) >= 11 is 12.7. The molecule has 1 aliphatic rings. The quantitative estimate of drug-likeness (QED) is 0.209. The minimum atomic E-state index is -0.726. The lowest BCUT2D eigenvalue weighted by Crippen LogP contribution is -2.38. The van der Waals surface area contributed by atoms with Gasteiger partial charge < -0.3 is 10.1 Å². The number of nitrogens with zero attached hydrogens (tertiary/aromatic N) is 3. The first-order chi connectivity index (χ1) is 20.2. The van der Waals surface area contributed by atoms with Gasteiger partial charge >= 0.3 is 0 Å². The van der Waals surface area contributed by atoms with Crippen molar-refractivity contribution >= 4 is 57.8 Å². The van der Waals surface area contributed by atoms with Gasteiger partial charge in [0.05, 0.1) is 5.69 Å². The lowest BCUT2D eigenvalue weighted by atomic mass is 10.1. The summed E-state index contributed by atoms with van der Waals surface area (Å²) in [5, 5.41) is 10.3. The zero-order chi connectivity index (χ0) is 29.8. The van der Waals surface area contributed by atoms with Crippen molar-refractivity contribution in [2.24, 2.45) is 5.10 Å². The highest BCUT2D eigenvalue weighted by Gasteiger charge is 2.41. The lowest BCUT2D eigenvalue weighted by molar-refractivity contribution is -0.116. The van der Waals surface area contributed by atoms with Crippen LogP contribution in [0.1, 0.15) is 37.6 Å². The molecule has 0 bridgehead atoms. The first-order valence-corrected chi connectivity index (χ1v) is 14.0. The van der Waals surface area contributed by atoms with Crippen LogP contribution in [0.2, 0.25) is 10.0 Å². The van der Waals surface area contributed by atoms with E-state index in [1.54, 1.807) is 102 Å². The Labute approximate surface area is 253 Å². The maximum atomic E-state index is 14.4. The van der Waals surface area contributed by atoms with Crippen molar-refractivity contribution in [3.8, 4) is 5.75 Å². The van der Waals surface area contributed by atoms with Crippen molar-refractivity contribution in [1.29, 1.82) is 0 Å². The molecule has 4 aromatic rings. The Morgan fingerprint density at radius 1 is 0.929 bits per heavy atom. The Morgan fingerprint density at radius 3 is 2.26 bits per heavy atom. The Morgan fingerprint density at radius 2 is 1.60 bits per heavy atom. The van der Waals surface area contributed by atoms with Gasteiger partial charge in [-0.3, -0.25) is 14.5 Å². The molecule has 214 valence electrons. The third-order valence-corrected chi connectivity index (χ3v) is 7.14. The van der Waals surface area contributed by atoms with Crippen molar-refractivity contribution in [3.63, 3.8) is 0 Å². The van der Waals surface area contributed by atoms with Gasteiger partial charge in [0.2, 0.25) is 5.91 Å². The molecule has 0 radical (unpaired) electrons. The van der Waals surface area contributed by atoms with E-state index in [1.165, 1.54) is 13.0 Å². The molecule has 0 unspecified atom stereocenters. The van der Waals surface area contributed by atoms with E-state index >= 15 is 0 Å². The Balaban J connectivity index is 1.62. The molecular formula is C32H27Cl2FN4O3. The standard InChI is InChI=1S/C32H27Cl2FN4O3/c1-3-30(41)36-24-11-15-25(16-12-24)38-31(20(2)40)37-39(26-13-8-22(33)9-14-26)32(38)27-18-23(34)10-17-29(27)42-19-21-6-4-5-7-28(21)35/h4-18,32H,3,19H2,1-2H3,(H,36,41)/t32-/m1/s1. The fourth-order valence-electron chi connectivity index (χ4n) is 4.58. The number of ether oxygens (including phenoxy) is 1. The summed E-state index contributed by atoms with van der Waals surface area (Å²) in [4.78, 5) is 26.7. The van der Waals surface area contributed by atoms with E-state index in [2.05, 4.69) is 5.32 Å². The monoisotopic (exact) mass is 604 g/mol. The zero-order valence-electron chi connectivity index (χ0n) is 22.9. The number of amides is 1. The van der Waals surface area contributed by atoms with Crippen molar-refractivity contribution in [2.75, 3.05) is 15.2 Å². The number of carbonyl (C=O) groups excluding carboxylic acids is 2. The fourth-order valence-corrected chi connectivity index (χ4v) is 4.88.